The number of thiol groups is 1. The monoisotopic (exact) mass is 426 g/mol. The molecule has 3 atom stereocenters. The number of aliphatic hydroxyl groups excluding tert-OH is 2. The van der Waals surface area contributed by atoms with E-state index in [2.05, 4.69) is 12.6 Å². The molecule has 0 aliphatic carbocycles. The van der Waals surface area contributed by atoms with Crippen LogP contribution in [0.15, 0.2) is 34.0 Å². The third-order valence-corrected chi connectivity index (χ3v) is 4.93. The molecular formula is C15H14N4O9S. The van der Waals surface area contributed by atoms with Crippen molar-refractivity contribution in [3.05, 3.63) is 65.5 Å². The number of rotatable bonds is 5. The molecule has 14 heteroatoms. The smallest absolute Gasteiger partial charge is 0.331 e. The fourth-order valence-electron chi connectivity index (χ4n) is 3.02. The molecule has 3 rings (SSSR count). The first-order valence-corrected chi connectivity index (χ1v) is 8.51. The van der Waals surface area contributed by atoms with Crippen LogP contribution in [0.25, 0.3) is 11.1 Å². The van der Waals surface area contributed by atoms with E-state index in [1.807, 2.05) is 4.98 Å². The molecule has 13 nitrogen and oxygen atoms in total. The fraction of sp³-hybridized carbons (Fsp3) is 0.333. The number of aromatic nitrogens is 2. The molecule has 1 fully saturated rings. The maximum Gasteiger partial charge on any atom is 0.331 e. The first-order chi connectivity index (χ1) is 13.6. The van der Waals surface area contributed by atoms with Crippen LogP contribution in [0.3, 0.4) is 0 Å². The van der Waals surface area contributed by atoms with Gasteiger partial charge in [0.25, 0.3) is 16.9 Å². The number of hydrogen-bond donors (Lipinski definition) is 4. The highest BCUT2D eigenvalue weighted by Crippen LogP contribution is 2.38. The highest BCUT2D eigenvalue weighted by molar-refractivity contribution is 7.80. The summed E-state index contributed by atoms with van der Waals surface area (Å²) in [5.41, 5.74) is -3.83. The number of benzene rings is 1. The van der Waals surface area contributed by atoms with Gasteiger partial charge in [0.15, 0.2) is 5.06 Å². The number of nitrogens with one attached hydrogen (secondary N) is 1. The number of aromatic amines is 1. The molecule has 0 spiro atoms. The predicted octanol–water partition coefficient (Wildman–Crippen LogP) is -0.298. The first-order valence-electron chi connectivity index (χ1n) is 8.06. The Labute approximate surface area is 165 Å². The van der Waals surface area contributed by atoms with Gasteiger partial charge in [-0.3, -0.25) is 34.6 Å². The second kappa shape index (κ2) is 7.40. The second-order valence-electron chi connectivity index (χ2n) is 6.24. The molecule has 2 aromatic rings. The Morgan fingerprint density at radius 2 is 1.97 bits per heavy atom. The third-order valence-electron chi connectivity index (χ3n) is 4.42. The van der Waals surface area contributed by atoms with Gasteiger partial charge in [0, 0.05) is 18.7 Å². The van der Waals surface area contributed by atoms with Crippen LogP contribution < -0.4 is 11.2 Å². The standard InChI is InChI=1S/C15H14N4O9S/c20-6-12-11(21)4-15(29,28-12)17-5-9(13(22)16-14(17)23)8-2-1-7(18(24)25)3-10(8)19(26)27/h1-3,5,11-12,20-21,29H,4,6H2,(H,16,22,23)/t11-,12+,15-/m0/s1. The van der Waals surface area contributed by atoms with E-state index in [-0.39, 0.29) is 17.5 Å². The number of hydrogen-bond acceptors (Lipinski definition) is 10. The summed E-state index contributed by atoms with van der Waals surface area (Å²) in [5.74, 6) is 0. The molecule has 1 aromatic heterocycles. The molecule has 0 bridgehead atoms. The quantitative estimate of drug-likeness (QED) is 0.282. The minimum Gasteiger partial charge on any atom is -0.394 e. The largest absolute Gasteiger partial charge is 0.394 e. The van der Waals surface area contributed by atoms with Gasteiger partial charge in [0.1, 0.15) is 6.10 Å². The van der Waals surface area contributed by atoms with Crippen molar-refractivity contribution < 1.29 is 24.8 Å². The van der Waals surface area contributed by atoms with Gasteiger partial charge < -0.3 is 14.9 Å². The molecule has 1 aliphatic heterocycles. The van der Waals surface area contributed by atoms with E-state index in [9.17, 15) is 40.0 Å². The van der Waals surface area contributed by atoms with E-state index < -0.39 is 56.3 Å². The summed E-state index contributed by atoms with van der Waals surface area (Å²) in [7, 11) is 0. The van der Waals surface area contributed by atoms with Crippen molar-refractivity contribution in [3.63, 3.8) is 0 Å². The number of nitro benzene ring substituents is 2. The van der Waals surface area contributed by atoms with E-state index in [0.717, 1.165) is 22.9 Å². The van der Waals surface area contributed by atoms with Gasteiger partial charge in [0.05, 0.1) is 39.8 Å². The van der Waals surface area contributed by atoms with Crippen molar-refractivity contribution in [2.45, 2.75) is 23.7 Å². The topological polar surface area (TPSA) is 191 Å². The van der Waals surface area contributed by atoms with Gasteiger partial charge in [-0.1, -0.05) is 0 Å². The van der Waals surface area contributed by atoms with Crippen molar-refractivity contribution in [2.75, 3.05) is 6.61 Å². The van der Waals surface area contributed by atoms with E-state index in [1.54, 1.807) is 0 Å². The minimum atomic E-state index is -1.75. The van der Waals surface area contributed by atoms with E-state index in [1.165, 1.54) is 0 Å². The summed E-state index contributed by atoms with van der Waals surface area (Å²) in [5, 5.41) is 39.7. The molecule has 2 heterocycles. The zero-order chi connectivity index (χ0) is 21.5. The molecule has 154 valence electrons. The average Bonchev–Trinajstić information content (AvgIpc) is 2.95. The van der Waals surface area contributed by atoms with E-state index in [0.29, 0.717) is 6.07 Å². The van der Waals surface area contributed by atoms with Gasteiger partial charge in [-0.2, -0.15) is 0 Å². The molecule has 0 saturated carbocycles. The molecule has 3 N–H and O–H groups in total. The maximum absolute atomic E-state index is 12.3. The first kappa shape index (κ1) is 20.7. The van der Waals surface area contributed by atoms with Crippen molar-refractivity contribution in [1.29, 1.82) is 0 Å². The Balaban J connectivity index is 2.20. The highest BCUT2D eigenvalue weighted by atomic mass is 32.1. The van der Waals surface area contributed by atoms with Gasteiger partial charge in [-0.25, -0.2) is 4.79 Å². The van der Waals surface area contributed by atoms with Crippen LogP contribution in [-0.2, 0) is 9.79 Å². The lowest BCUT2D eigenvalue weighted by atomic mass is 10.1. The number of H-pyrrole nitrogens is 1. The van der Waals surface area contributed by atoms with Crippen LogP contribution in [0.1, 0.15) is 6.42 Å². The maximum atomic E-state index is 12.3. The predicted molar refractivity (Wildman–Crippen MR) is 99.6 cm³/mol. The number of aliphatic hydroxyl groups is 2. The van der Waals surface area contributed by atoms with Gasteiger partial charge >= 0.3 is 5.69 Å². The Bertz CT molecular complexity index is 1110. The lowest BCUT2D eigenvalue weighted by molar-refractivity contribution is -0.393. The molecule has 0 amide bonds. The van der Waals surface area contributed by atoms with Crippen molar-refractivity contribution >= 4 is 24.0 Å². The van der Waals surface area contributed by atoms with Crippen LogP contribution in [0.2, 0.25) is 0 Å². The second-order valence-corrected chi connectivity index (χ2v) is 6.94. The van der Waals surface area contributed by atoms with E-state index in [4.69, 9.17) is 4.74 Å². The summed E-state index contributed by atoms with van der Waals surface area (Å²) in [6.45, 7) is -0.553. The third kappa shape index (κ3) is 3.65. The van der Waals surface area contributed by atoms with Gasteiger partial charge in [0.2, 0.25) is 0 Å². The fourth-order valence-corrected chi connectivity index (χ4v) is 3.49. The van der Waals surface area contributed by atoms with Crippen molar-refractivity contribution in [2.24, 2.45) is 0 Å². The lowest BCUT2D eigenvalue weighted by Crippen LogP contribution is -2.41. The van der Waals surface area contributed by atoms with Crippen LogP contribution in [-0.4, -0.2) is 48.4 Å². The zero-order valence-corrected chi connectivity index (χ0v) is 15.3. The van der Waals surface area contributed by atoms with Crippen LogP contribution in [0.4, 0.5) is 11.4 Å². The molecular weight excluding hydrogens is 412 g/mol. The van der Waals surface area contributed by atoms with Gasteiger partial charge in [-0.05, 0) is 6.07 Å². The summed E-state index contributed by atoms with van der Waals surface area (Å²) in [6, 6.07) is 2.69. The molecule has 1 aromatic carbocycles. The normalized spacial score (nSPS) is 23.8. The number of ether oxygens (including phenoxy) is 1. The zero-order valence-electron chi connectivity index (χ0n) is 14.4. The summed E-state index contributed by atoms with van der Waals surface area (Å²) in [4.78, 5) is 47.1. The lowest BCUT2D eigenvalue weighted by Gasteiger charge is -2.25. The summed E-state index contributed by atoms with van der Waals surface area (Å²) in [6.07, 6.45) is -1.47. The van der Waals surface area contributed by atoms with E-state index >= 15 is 0 Å². The Morgan fingerprint density at radius 1 is 1.28 bits per heavy atom. The molecule has 0 radical (unpaired) electrons. The van der Waals surface area contributed by atoms with Crippen LogP contribution >= 0.6 is 12.6 Å². The van der Waals surface area contributed by atoms with Gasteiger partial charge in [-0.15, -0.1) is 12.6 Å². The summed E-state index contributed by atoms with van der Waals surface area (Å²) >= 11 is 4.24. The Morgan fingerprint density at radius 3 is 2.52 bits per heavy atom. The Hall–Kier alpha value is -3.07. The Kier molecular flexibility index (Phi) is 5.27. The minimum absolute atomic E-state index is 0.227. The molecule has 29 heavy (non-hydrogen) atoms. The average molecular weight is 426 g/mol. The van der Waals surface area contributed by atoms with Crippen LogP contribution in [0.5, 0.6) is 0 Å². The number of non-ortho nitro benzene ring substituents is 1. The highest BCUT2D eigenvalue weighted by Gasteiger charge is 2.45. The SMILES string of the molecule is O=c1[nH]c(=O)n([C@@]2(S)C[C@H](O)[C@@H](CO)O2)cc1-c1ccc([N+](=O)[O-])cc1[N+](=O)[O-]. The van der Waals surface area contributed by atoms with Crippen molar-refractivity contribution in [1.82, 2.24) is 9.55 Å². The molecule has 1 saturated heterocycles. The summed E-state index contributed by atoms with van der Waals surface area (Å²) < 4.78 is 6.23. The van der Waals surface area contributed by atoms with Crippen LogP contribution in [0, 0.1) is 20.2 Å². The molecule has 0 unspecified atom stereocenters. The number of nitrogens with zero attached hydrogens (tertiary/aromatic N) is 3. The van der Waals surface area contributed by atoms with Crippen molar-refractivity contribution in [3.8, 4) is 11.1 Å². The molecule has 1 aliphatic rings. The number of nitro groups is 2.